The van der Waals surface area contributed by atoms with E-state index in [-0.39, 0.29) is 5.97 Å². The minimum atomic E-state index is -0.322. The SMILES string of the molecule is C=C(C)C(=O)OCCCCCCOc1ccc(C=O)cc1. The summed E-state index contributed by atoms with van der Waals surface area (Å²) in [6, 6.07) is 7.05. The standard InChI is InChI=1S/C17H22O4/c1-14(2)17(19)21-12-6-4-3-5-11-20-16-9-7-15(13-18)8-10-16/h7-10,13H,1,3-6,11-12H2,2H3. The van der Waals surface area contributed by atoms with E-state index in [2.05, 4.69) is 6.58 Å². The van der Waals surface area contributed by atoms with Gasteiger partial charge in [0.05, 0.1) is 13.2 Å². The van der Waals surface area contributed by atoms with Gasteiger partial charge in [-0.25, -0.2) is 4.79 Å². The summed E-state index contributed by atoms with van der Waals surface area (Å²) in [5.41, 5.74) is 1.08. The number of hydrogen-bond donors (Lipinski definition) is 0. The molecule has 4 nitrogen and oxygen atoms in total. The number of rotatable bonds is 10. The number of carbonyl (C=O) groups is 2. The van der Waals surface area contributed by atoms with Gasteiger partial charge in [0, 0.05) is 11.1 Å². The van der Waals surface area contributed by atoms with Crippen molar-refractivity contribution in [1.82, 2.24) is 0 Å². The van der Waals surface area contributed by atoms with Crippen LogP contribution in [-0.4, -0.2) is 25.5 Å². The quantitative estimate of drug-likeness (QED) is 0.286. The summed E-state index contributed by atoms with van der Waals surface area (Å²) in [5, 5.41) is 0. The van der Waals surface area contributed by atoms with Gasteiger partial charge in [-0.2, -0.15) is 0 Å². The van der Waals surface area contributed by atoms with Crippen molar-refractivity contribution < 1.29 is 19.1 Å². The molecule has 4 heteroatoms. The Morgan fingerprint density at radius 2 is 1.71 bits per heavy atom. The number of ether oxygens (including phenoxy) is 2. The van der Waals surface area contributed by atoms with Gasteiger partial charge in [-0.05, 0) is 56.9 Å². The molecule has 0 aliphatic heterocycles. The molecule has 0 aliphatic carbocycles. The van der Waals surface area contributed by atoms with Gasteiger partial charge in [-0.1, -0.05) is 6.58 Å². The van der Waals surface area contributed by atoms with Crippen molar-refractivity contribution in [2.45, 2.75) is 32.6 Å². The highest BCUT2D eigenvalue weighted by atomic mass is 16.5. The van der Waals surface area contributed by atoms with Crippen LogP contribution in [0.2, 0.25) is 0 Å². The minimum absolute atomic E-state index is 0.322. The van der Waals surface area contributed by atoms with Crippen LogP contribution < -0.4 is 4.74 Å². The van der Waals surface area contributed by atoms with Crippen LogP contribution in [0.1, 0.15) is 43.0 Å². The lowest BCUT2D eigenvalue weighted by Crippen LogP contribution is -2.06. The molecule has 0 saturated carbocycles. The highest BCUT2D eigenvalue weighted by Crippen LogP contribution is 2.12. The Morgan fingerprint density at radius 1 is 1.10 bits per heavy atom. The Labute approximate surface area is 125 Å². The summed E-state index contributed by atoms with van der Waals surface area (Å²) in [5.74, 6) is 0.452. The lowest BCUT2D eigenvalue weighted by molar-refractivity contribution is -0.139. The fourth-order valence-electron chi connectivity index (χ4n) is 1.68. The Kier molecular flexibility index (Phi) is 7.87. The largest absolute Gasteiger partial charge is 0.494 e. The minimum Gasteiger partial charge on any atom is -0.494 e. The summed E-state index contributed by atoms with van der Waals surface area (Å²) >= 11 is 0. The van der Waals surface area contributed by atoms with Gasteiger partial charge in [0.25, 0.3) is 0 Å². The zero-order valence-corrected chi connectivity index (χ0v) is 12.5. The second-order valence-corrected chi connectivity index (χ2v) is 4.87. The highest BCUT2D eigenvalue weighted by Gasteiger charge is 2.01. The van der Waals surface area contributed by atoms with Gasteiger partial charge >= 0.3 is 5.97 Å². The van der Waals surface area contributed by atoms with Crippen LogP contribution in [0.25, 0.3) is 0 Å². The maximum Gasteiger partial charge on any atom is 0.333 e. The lowest BCUT2D eigenvalue weighted by Gasteiger charge is -2.06. The molecule has 0 unspecified atom stereocenters. The lowest BCUT2D eigenvalue weighted by atomic mass is 10.2. The Hall–Kier alpha value is -2.10. The molecule has 0 saturated heterocycles. The number of unbranched alkanes of at least 4 members (excludes halogenated alkanes) is 3. The van der Waals surface area contributed by atoms with E-state index < -0.39 is 0 Å². The predicted octanol–water partition coefficient (Wildman–Crippen LogP) is 3.56. The monoisotopic (exact) mass is 290 g/mol. The van der Waals surface area contributed by atoms with Crippen LogP contribution >= 0.6 is 0 Å². The molecular formula is C17H22O4. The third-order valence-corrected chi connectivity index (χ3v) is 2.91. The van der Waals surface area contributed by atoms with E-state index >= 15 is 0 Å². The number of benzene rings is 1. The molecule has 0 spiro atoms. The van der Waals surface area contributed by atoms with Crippen LogP contribution in [0.5, 0.6) is 5.75 Å². The number of carbonyl (C=O) groups excluding carboxylic acids is 2. The third-order valence-electron chi connectivity index (χ3n) is 2.91. The fourth-order valence-corrected chi connectivity index (χ4v) is 1.68. The van der Waals surface area contributed by atoms with E-state index in [0.717, 1.165) is 37.7 Å². The topological polar surface area (TPSA) is 52.6 Å². The molecule has 0 bridgehead atoms. The van der Waals surface area contributed by atoms with Crippen molar-refractivity contribution in [2.24, 2.45) is 0 Å². The zero-order chi connectivity index (χ0) is 15.5. The molecule has 0 heterocycles. The van der Waals surface area contributed by atoms with Crippen molar-refractivity contribution in [3.05, 3.63) is 42.0 Å². The summed E-state index contributed by atoms with van der Waals surface area (Å²) in [4.78, 5) is 21.6. The molecule has 0 N–H and O–H groups in total. The highest BCUT2D eigenvalue weighted by molar-refractivity contribution is 5.86. The first-order chi connectivity index (χ1) is 10.1. The van der Waals surface area contributed by atoms with Crippen LogP contribution in [-0.2, 0) is 9.53 Å². The normalized spacial score (nSPS) is 9.95. The Morgan fingerprint density at radius 3 is 2.29 bits per heavy atom. The van der Waals surface area contributed by atoms with Crippen molar-refractivity contribution in [3.63, 3.8) is 0 Å². The molecule has 114 valence electrons. The summed E-state index contributed by atoms with van der Waals surface area (Å²) in [6.45, 7) is 6.25. The molecule has 1 aromatic carbocycles. The first-order valence-electron chi connectivity index (χ1n) is 7.14. The fraction of sp³-hybridized carbons (Fsp3) is 0.412. The van der Waals surface area contributed by atoms with Gasteiger partial charge < -0.3 is 9.47 Å². The van der Waals surface area contributed by atoms with Gasteiger partial charge in [0.1, 0.15) is 12.0 Å². The van der Waals surface area contributed by atoms with Crippen molar-refractivity contribution in [3.8, 4) is 5.75 Å². The number of esters is 1. The van der Waals surface area contributed by atoms with Crippen molar-refractivity contribution in [1.29, 1.82) is 0 Å². The van der Waals surface area contributed by atoms with Gasteiger partial charge in [0.15, 0.2) is 0 Å². The first kappa shape index (κ1) is 17.0. The average molecular weight is 290 g/mol. The molecule has 0 atom stereocenters. The second-order valence-electron chi connectivity index (χ2n) is 4.87. The van der Waals surface area contributed by atoms with Gasteiger partial charge in [-0.15, -0.1) is 0 Å². The van der Waals surface area contributed by atoms with E-state index in [1.807, 2.05) is 0 Å². The smallest absolute Gasteiger partial charge is 0.333 e. The molecule has 0 radical (unpaired) electrons. The third kappa shape index (κ3) is 7.30. The molecule has 1 rings (SSSR count). The maximum atomic E-state index is 11.1. The van der Waals surface area contributed by atoms with Crippen molar-refractivity contribution in [2.75, 3.05) is 13.2 Å². The molecule has 0 aromatic heterocycles. The maximum absolute atomic E-state index is 11.1. The molecule has 21 heavy (non-hydrogen) atoms. The van der Waals surface area contributed by atoms with Gasteiger partial charge in [-0.3, -0.25) is 4.79 Å². The molecule has 0 fully saturated rings. The van der Waals surface area contributed by atoms with Gasteiger partial charge in [0.2, 0.25) is 0 Å². The first-order valence-corrected chi connectivity index (χ1v) is 7.14. The van der Waals surface area contributed by atoms with Crippen LogP contribution in [0, 0.1) is 0 Å². The Balaban J connectivity index is 2.00. The van der Waals surface area contributed by atoms with E-state index in [1.54, 1.807) is 31.2 Å². The number of aldehydes is 1. The van der Waals surface area contributed by atoms with E-state index in [4.69, 9.17) is 9.47 Å². The zero-order valence-electron chi connectivity index (χ0n) is 12.5. The van der Waals surface area contributed by atoms with E-state index in [0.29, 0.717) is 24.4 Å². The number of hydrogen-bond acceptors (Lipinski definition) is 4. The summed E-state index contributed by atoms with van der Waals surface area (Å²) in [7, 11) is 0. The van der Waals surface area contributed by atoms with Crippen molar-refractivity contribution >= 4 is 12.3 Å². The van der Waals surface area contributed by atoms with E-state index in [9.17, 15) is 9.59 Å². The Bertz CT molecular complexity index is 462. The molecule has 1 aromatic rings. The molecule has 0 amide bonds. The van der Waals surface area contributed by atoms with Crippen LogP contribution in [0.4, 0.5) is 0 Å². The van der Waals surface area contributed by atoms with E-state index in [1.165, 1.54) is 0 Å². The molecule has 0 aliphatic rings. The second kappa shape index (κ2) is 9.75. The summed E-state index contributed by atoms with van der Waals surface area (Å²) in [6.07, 6.45) is 4.63. The van der Waals surface area contributed by atoms with Crippen LogP contribution in [0.3, 0.4) is 0 Å². The molecular weight excluding hydrogens is 268 g/mol. The van der Waals surface area contributed by atoms with Crippen LogP contribution in [0.15, 0.2) is 36.4 Å². The summed E-state index contributed by atoms with van der Waals surface area (Å²) < 4.78 is 10.6. The average Bonchev–Trinajstić information content (AvgIpc) is 2.50. The predicted molar refractivity (Wildman–Crippen MR) is 81.6 cm³/mol.